The molecule has 0 aliphatic heterocycles. The van der Waals surface area contributed by atoms with Crippen LogP contribution in [0.5, 0.6) is 0 Å². The number of carboxylic acids is 1. The van der Waals surface area contributed by atoms with Gasteiger partial charge in [-0.1, -0.05) is 29.3 Å². The first-order valence-corrected chi connectivity index (χ1v) is 6.91. The molecule has 7 heteroatoms. The number of carbonyl (C=O) groups is 1. The molecule has 0 aromatic carbocycles. The van der Waals surface area contributed by atoms with E-state index in [1.807, 2.05) is 0 Å². The van der Waals surface area contributed by atoms with Gasteiger partial charge in [-0.3, -0.25) is 4.79 Å². The standard InChI is InChI=1S/C11H14Cl2N2O2S/c1-11(2,8(14)10(16)17)18-5-6-3-4-7(12)15-9(6)13/h3-4,8H,5,14H2,1-2H3,(H,16,17)/t8-/m1/s1. The first-order chi connectivity index (χ1) is 8.24. The highest BCUT2D eigenvalue weighted by Gasteiger charge is 2.32. The predicted molar refractivity (Wildman–Crippen MR) is 75.2 cm³/mol. The number of halogens is 2. The molecular weight excluding hydrogens is 295 g/mol. The largest absolute Gasteiger partial charge is 0.480 e. The summed E-state index contributed by atoms with van der Waals surface area (Å²) in [6.07, 6.45) is 0. The minimum atomic E-state index is -1.02. The van der Waals surface area contributed by atoms with Crippen LogP contribution in [0.25, 0.3) is 0 Å². The van der Waals surface area contributed by atoms with E-state index >= 15 is 0 Å². The second kappa shape index (κ2) is 6.10. The van der Waals surface area contributed by atoms with Gasteiger partial charge in [-0.25, -0.2) is 4.98 Å². The van der Waals surface area contributed by atoms with Crippen LogP contribution in [0.3, 0.4) is 0 Å². The van der Waals surface area contributed by atoms with E-state index in [2.05, 4.69) is 4.98 Å². The van der Waals surface area contributed by atoms with Crippen LogP contribution in [0.2, 0.25) is 10.3 Å². The normalized spacial score (nSPS) is 13.4. The van der Waals surface area contributed by atoms with Gasteiger partial charge in [0.05, 0.1) is 0 Å². The molecule has 0 unspecified atom stereocenters. The van der Waals surface area contributed by atoms with Crippen molar-refractivity contribution in [3.05, 3.63) is 28.0 Å². The molecule has 1 atom stereocenters. The Morgan fingerprint density at radius 2 is 2.17 bits per heavy atom. The third kappa shape index (κ3) is 4.02. The van der Waals surface area contributed by atoms with E-state index < -0.39 is 16.8 Å². The molecule has 100 valence electrons. The maximum Gasteiger partial charge on any atom is 0.321 e. The van der Waals surface area contributed by atoms with E-state index in [0.717, 1.165) is 5.56 Å². The molecule has 0 saturated carbocycles. The van der Waals surface area contributed by atoms with Crippen molar-refractivity contribution >= 4 is 40.9 Å². The first kappa shape index (κ1) is 15.6. The molecule has 1 heterocycles. The highest BCUT2D eigenvalue weighted by atomic mass is 35.5. The molecule has 1 aromatic rings. The molecular formula is C11H14Cl2N2O2S. The maximum absolute atomic E-state index is 10.9. The Balaban J connectivity index is 2.72. The topological polar surface area (TPSA) is 76.2 Å². The molecule has 3 N–H and O–H groups in total. The minimum Gasteiger partial charge on any atom is -0.480 e. The Morgan fingerprint density at radius 1 is 1.56 bits per heavy atom. The van der Waals surface area contributed by atoms with Crippen LogP contribution in [-0.2, 0) is 10.5 Å². The van der Waals surface area contributed by atoms with Crippen molar-refractivity contribution in [2.24, 2.45) is 5.73 Å². The van der Waals surface area contributed by atoms with E-state index in [4.69, 9.17) is 34.0 Å². The van der Waals surface area contributed by atoms with E-state index in [0.29, 0.717) is 16.1 Å². The van der Waals surface area contributed by atoms with Gasteiger partial charge in [0, 0.05) is 10.5 Å². The van der Waals surface area contributed by atoms with Crippen molar-refractivity contribution in [2.75, 3.05) is 0 Å². The Bertz CT molecular complexity index is 455. The molecule has 0 amide bonds. The van der Waals surface area contributed by atoms with Crippen LogP contribution in [0.1, 0.15) is 19.4 Å². The average Bonchev–Trinajstić information content (AvgIpc) is 2.26. The van der Waals surface area contributed by atoms with Crippen molar-refractivity contribution in [3.63, 3.8) is 0 Å². The summed E-state index contributed by atoms with van der Waals surface area (Å²) < 4.78 is -0.602. The highest BCUT2D eigenvalue weighted by Crippen LogP contribution is 2.32. The zero-order valence-corrected chi connectivity index (χ0v) is 12.3. The second-order valence-electron chi connectivity index (χ2n) is 4.29. The molecule has 0 aliphatic rings. The zero-order chi connectivity index (χ0) is 13.9. The van der Waals surface area contributed by atoms with E-state index in [1.165, 1.54) is 11.8 Å². The van der Waals surface area contributed by atoms with Crippen LogP contribution >= 0.6 is 35.0 Å². The van der Waals surface area contributed by atoms with Gasteiger partial charge in [0.2, 0.25) is 0 Å². The van der Waals surface area contributed by atoms with Gasteiger partial charge in [0.25, 0.3) is 0 Å². The lowest BCUT2D eigenvalue weighted by atomic mass is 10.1. The first-order valence-electron chi connectivity index (χ1n) is 5.17. The van der Waals surface area contributed by atoms with Gasteiger partial charge < -0.3 is 10.8 Å². The van der Waals surface area contributed by atoms with Gasteiger partial charge in [0.1, 0.15) is 16.3 Å². The van der Waals surface area contributed by atoms with Crippen molar-refractivity contribution < 1.29 is 9.90 Å². The van der Waals surface area contributed by atoms with Crippen LogP contribution in [-0.4, -0.2) is 26.8 Å². The SMILES string of the molecule is CC(C)(SCc1ccc(Cl)nc1Cl)[C@H](N)C(=O)O. The van der Waals surface area contributed by atoms with Crippen LogP contribution in [0.4, 0.5) is 0 Å². The summed E-state index contributed by atoms with van der Waals surface area (Å²) in [4.78, 5) is 14.8. The highest BCUT2D eigenvalue weighted by molar-refractivity contribution is 7.99. The second-order valence-corrected chi connectivity index (χ2v) is 6.67. The smallest absolute Gasteiger partial charge is 0.321 e. The Morgan fingerprint density at radius 3 is 2.67 bits per heavy atom. The molecule has 0 saturated heterocycles. The average molecular weight is 309 g/mol. The molecule has 4 nitrogen and oxygen atoms in total. The maximum atomic E-state index is 10.9. The number of hydrogen-bond acceptors (Lipinski definition) is 4. The lowest BCUT2D eigenvalue weighted by Gasteiger charge is -2.28. The molecule has 0 spiro atoms. The fourth-order valence-electron chi connectivity index (χ4n) is 1.20. The summed E-state index contributed by atoms with van der Waals surface area (Å²) in [5, 5.41) is 9.57. The summed E-state index contributed by atoms with van der Waals surface area (Å²) in [5.41, 5.74) is 6.43. The fraction of sp³-hybridized carbons (Fsp3) is 0.455. The predicted octanol–water partition coefficient (Wildman–Crippen LogP) is 2.81. The number of aliphatic carboxylic acids is 1. The van der Waals surface area contributed by atoms with Crippen molar-refractivity contribution in [3.8, 4) is 0 Å². The summed E-state index contributed by atoms with van der Waals surface area (Å²) in [5.74, 6) is -0.496. The van der Waals surface area contributed by atoms with Crippen molar-refractivity contribution in [1.82, 2.24) is 4.98 Å². The molecule has 1 aromatic heterocycles. The van der Waals surface area contributed by atoms with Gasteiger partial charge in [-0.2, -0.15) is 0 Å². The number of hydrogen-bond donors (Lipinski definition) is 2. The Hall–Kier alpha value is -0.490. The summed E-state index contributed by atoms with van der Waals surface area (Å²) in [6, 6.07) is 2.47. The van der Waals surface area contributed by atoms with E-state index in [1.54, 1.807) is 26.0 Å². The van der Waals surface area contributed by atoms with Gasteiger partial charge in [0.15, 0.2) is 0 Å². The van der Waals surface area contributed by atoms with Crippen LogP contribution in [0.15, 0.2) is 12.1 Å². The Labute approximate surface area is 120 Å². The number of pyridine rings is 1. The molecule has 0 aliphatic carbocycles. The number of carboxylic acid groups (broad SMARTS) is 1. The molecule has 0 fully saturated rings. The van der Waals surface area contributed by atoms with Crippen molar-refractivity contribution in [1.29, 1.82) is 0 Å². The fourth-order valence-corrected chi connectivity index (χ4v) is 2.73. The number of nitrogens with two attached hydrogens (primary N) is 1. The summed E-state index contributed by atoms with van der Waals surface area (Å²) >= 11 is 13.1. The van der Waals surface area contributed by atoms with E-state index in [9.17, 15) is 4.79 Å². The quantitative estimate of drug-likeness (QED) is 0.818. The summed E-state index contributed by atoms with van der Waals surface area (Å²) in [7, 11) is 0. The zero-order valence-electron chi connectivity index (χ0n) is 9.98. The van der Waals surface area contributed by atoms with Crippen LogP contribution < -0.4 is 5.73 Å². The molecule has 0 radical (unpaired) electrons. The van der Waals surface area contributed by atoms with Gasteiger partial charge >= 0.3 is 5.97 Å². The third-order valence-corrected chi connectivity index (χ3v) is 4.50. The number of aromatic nitrogens is 1. The van der Waals surface area contributed by atoms with Crippen LogP contribution in [0, 0.1) is 0 Å². The monoisotopic (exact) mass is 308 g/mol. The van der Waals surface area contributed by atoms with Gasteiger partial charge in [-0.15, -0.1) is 11.8 Å². The lowest BCUT2D eigenvalue weighted by Crippen LogP contribution is -2.46. The molecule has 1 rings (SSSR count). The molecule has 18 heavy (non-hydrogen) atoms. The number of rotatable bonds is 5. The van der Waals surface area contributed by atoms with E-state index in [-0.39, 0.29) is 0 Å². The third-order valence-electron chi connectivity index (χ3n) is 2.51. The molecule has 0 bridgehead atoms. The summed E-state index contributed by atoms with van der Waals surface area (Å²) in [6.45, 7) is 3.57. The lowest BCUT2D eigenvalue weighted by molar-refractivity contribution is -0.139. The number of thioether (sulfide) groups is 1. The van der Waals surface area contributed by atoms with Gasteiger partial charge in [-0.05, 0) is 25.5 Å². The Kier molecular flexibility index (Phi) is 5.28. The number of nitrogens with zero attached hydrogens (tertiary/aromatic N) is 1. The van der Waals surface area contributed by atoms with Crippen molar-refractivity contribution in [2.45, 2.75) is 30.4 Å². The minimum absolute atomic E-state index is 0.328.